The van der Waals surface area contributed by atoms with Gasteiger partial charge in [-0.05, 0) is 24.6 Å². The van der Waals surface area contributed by atoms with Crippen LogP contribution in [0.15, 0.2) is 40.7 Å². The van der Waals surface area contributed by atoms with Gasteiger partial charge in [0.25, 0.3) is 0 Å². The van der Waals surface area contributed by atoms with E-state index in [9.17, 15) is 14.4 Å². The molecule has 0 bridgehead atoms. The summed E-state index contributed by atoms with van der Waals surface area (Å²) in [5.41, 5.74) is 1.92. The van der Waals surface area contributed by atoms with E-state index in [0.717, 1.165) is 6.07 Å². The van der Waals surface area contributed by atoms with Crippen molar-refractivity contribution in [1.29, 1.82) is 5.26 Å². The highest BCUT2D eigenvalue weighted by Crippen LogP contribution is 2.41. The van der Waals surface area contributed by atoms with Gasteiger partial charge in [-0.3, -0.25) is 0 Å². The number of benzene rings is 1. The Balaban J connectivity index is 2.74. The van der Waals surface area contributed by atoms with Gasteiger partial charge in [0.1, 0.15) is 5.82 Å². The van der Waals surface area contributed by atoms with Crippen LogP contribution in [0.5, 0.6) is 0 Å². The second-order valence-electron chi connectivity index (χ2n) is 4.89. The van der Waals surface area contributed by atoms with Crippen molar-refractivity contribution in [2.24, 2.45) is 0 Å². The molecule has 23 heavy (non-hydrogen) atoms. The lowest BCUT2D eigenvalue weighted by Crippen LogP contribution is -2.30. The number of nitriles is 1. The third kappa shape index (κ3) is 3.19. The van der Waals surface area contributed by atoms with Crippen molar-refractivity contribution in [2.75, 3.05) is 13.0 Å². The molecule has 1 aliphatic rings. The Morgan fingerprint density at radius 2 is 2.22 bits per heavy atom. The summed E-state index contributed by atoms with van der Waals surface area (Å²) in [4.78, 5) is 12.2. The summed E-state index contributed by atoms with van der Waals surface area (Å²) in [6.07, 6.45) is 0. The van der Waals surface area contributed by atoms with E-state index in [0.29, 0.717) is 22.5 Å². The zero-order chi connectivity index (χ0) is 17.1. The highest BCUT2D eigenvalue weighted by Gasteiger charge is 2.36. The second-order valence-corrected chi connectivity index (χ2v) is 5.57. The molecule has 0 aromatic heterocycles. The number of dihydropyridines is 1. The maximum Gasteiger partial charge on any atom is 0.336 e. The minimum atomic E-state index is -0.768. The highest BCUT2D eigenvalue weighted by atomic mass is 35.5. The summed E-state index contributed by atoms with van der Waals surface area (Å²) in [5, 5.41) is 12.6. The number of carbonyl (C=O) groups is 1. The molecule has 1 aromatic rings. The Bertz CT molecular complexity index is 766. The average molecular weight is 355 g/mol. The summed E-state index contributed by atoms with van der Waals surface area (Å²) < 4.78 is 18.2. The van der Waals surface area contributed by atoms with Crippen LogP contribution in [0.3, 0.4) is 0 Å². The molecular weight excluding hydrogens is 342 g/mol. The molecule has 4 nitrogen and oxygen atoms in total. The molecule has 0 aliphatic carbocycles. The monoisotopic (exact) mass is 354 g/mol. The van der Waals surface area contributed by atoms with E-state index in [1.807, 2.05) is 0 Å². The molecule has 1 aromatic carbocycles. The quantitative estimate of drug-likeness (QED) is 0.664. The Morgan fingerprint density at radius 1 is 1.52 bits per heavy atom. The fraction of sp³-hybridized carbons (Fsp3) is 0.250. The molecule has 0 radical (unpaired) electrons. The van der Waals surface area contributed by atoms with Gasteiger partial charge < -0.3 is 10.1 Å². The van der Waals surface area contributed by atoms with Crippen LogP contribution in [0, 0.1) is 17.1 Å². The van der Waals surface area contributed by atoms with Crippen molar-refractivity contribution < 1.29 is 13.9 Å². The minimum Gasteiger partial charge on any atom is -0.466 e. The number of methoxy groups -OCH3 is 1. The first-order chi connectivity index (χ1) is 10.9. The van der Waals surface area contributed by atoms with Gasteiger partial charge in [0.05, 0.1) is 36.1 Å². The van der Waals surface area contributed by atoms with Gasteiger partial charge >= 0.3 is 5.97 Å². The number of allylic oxidation sites excluding steroid dienone is 3. The van der Waals surface area contributed by atoms with Crippen molar-refractivity contribution >= 4 is 29.2 Å². The fourth-order valence-electron chi connectivity index (χ4n) is 2.55. The molecule has 0 amide bonds. The molecule has 0 spiro atoms. The van der Waals surface area contributed by atoms with Crippen LogP contribution in [0.25, 0.3) is 0 Å². The molecule has 7 heteroatoms. The third-order valence-electron chi connectivity index (χ3n) is 3.58. The Morgan fingerprint density at radius 3 is 2.74 bits per heavy atom. The lowest BCUT2D eigenvalue weighted by Gasteiger charge is -2.29. The van der Waals surface area contributed by atoms with E-state index in [1.165, 1.54) is 19.2 Å². The number of hydrogen-bond donors (Lipinski definition) is 1. The molecule has 0 saturated heterocycles. The van der Waals surface area contributed by atoms with Gasteiger partial charge in [0.2, 0.25) is 0 Å². The molecule has 1 heterocycles. The minimum absolute atomic E-state index is 0.0236. The predicted molar refractivity (Wildman–Crippen MR) is 85.4 cm³/mol. The number of esters is 1. The number of nitrogens with one attached hydrogen (secondary N) is 1. The van der Waals surface area contributed by atoms with Gasteiger partial charge in [-0.1, -0.05) is 17.7 Å². The predicted octanol–water partition coefficient (Wildman–Crippen LogP) is 3.63. The highest BCUT2D eigenvalue weighted by molar-refractivity contribution is 6.31. The van der Waals surface area contributed by atoms with Crippen LogP contribution in [0.2, 0.25) is 5.02 Å². The first kappa shape index (κ1) is 17.3. The van der Waals surface area contributed by atoms with E-state index in [4.69, 9.17) is 27.9 Å². The van der Waals surface area contributed by atoms with Crippen molar-refractivity contribution in [1.82, 2.24) is 5.32 Å². The lowest BCUT2D eigenvalue weighted by molar-refractivity contribution is -0.136. The average Bonchev–Trinajstić information content (AvgIpc) is 2.53. The maximum absolute atomic E-state index is 13.3. The first-order valence-corrected chi connectivity index (χ1v) is 7.56. The van der Waals surface area contributed by atoms with E-state index in [2.05, 4.69) is 11.4 Å². The van der Waals surface area contributed by atoms with E-state index in [-0.39, 0.29) is 16.5 Å². The van der Waals surface area contributed by atoms with Gasteiger partial charge in [-0.2, -0.15) is 5.26 Å². The maximum atomic E-state index is 13.3. The van der Waals surface area contributed by atoms with Crippen molar-refractivity contribution in [3.63, 3.8) is 0 Å². The summed E-state index contributed by atoms with van der Waals surface area (Å²) in [6, 6.07) is 5.89. The Hall–Kier alpha value is -2.03. The molecule has 1 aliphatic heterocycles. The molecule has 0 unspecified atom stereocenters. The Kier molecular flexibility index (Phi) is 5.30. The van der Waals surface area contributed by atoms with Crippen LogP contribution in [-0.4, -0.2) is 19.0 Å². The SMILES string of the molecule is COC(=O)C1=C(CCl)NC(C)=C(C#N)[C@H]1c1ccc(F)cc1Cl. The zero-order valence-corrected chi connectivity index (χ0v) is 13.9. The molecule has 2 rings (SSSR count). The van der Waals surface area contributed by atoms with Crippen LogP contribution in [0.1, 0.15) is 18.4 Å². The first-order valence-electron chi connectivity index (χ1n) is 6.64. The number of carbonyl (C=O) groups excluding carboxylic acids is 1. The largest absolute Gasteiger partial charge is 0.466 e. The molecule has 0 fully saturated rings. The number of alkyl halides is 1. The number of hydrogen-bond acceptors (Lipinski definition) is 4. The number of rotatable bonds is 3. The van der Waals surface area contributed by atoms with Crippen LogP contribution in [0.4, 0.5) is 4.39 Å². The standard InChI is InChI=1S/C16H13Cl2FN2O2/c1-8-11(7-20)14(10-4-3-9(19)5-12(10)18)15(16(22)23-2)13(6-17)21-8/h3-5,14,21H,6H2,1-2H3/t14-/m1/s1. The van der Waals surface area contributed by atoms with Gasteiger partial charge in [-0.15, -0.1) is 11.6 Å². The molecular formula is C16H13Cl2FN2O2. The molecule has 1 atom stereocenters. The summed E-state index contributed by atoms with van der Waals surface area (Å²) in [7, 11) is 1.24. The number of nitrogens with zero attached hydrogens (tertiary/aromatic N) is 1. The van der Waals surface area contributed by atoms with Crippen LogP contribution < -0.4 is 5.32 Å². The smallest absolute Gasteiger partial charge is 0.336 e. The molecule has 0 saturated carbocycles. The third-order valence-corrected chi connectivity index (χ3v) is 4.17. The number of ether oxygens (including phenoxy) is 1. The fourth-order valence-corrected chi connectivity index (χ4v) is 3.03. The van der Waals surface area contributed by atoms with Crippen molar-refractivity contribution in [2.45, 2.75) is 12.8 Å². The topological polar surface area (TPSA) is 62.1 Å². The lowest BCUT2D eigenvalue weighted by atomic mass is 9.81. The summed E-state index contributed by atoms with van der Waals surface area (Å²) in [5.74, 6) is -1.88. The summed E-state index contributed by atoms with van der Waals surface area (Å²) >= 11 is 12.1. The van der Waals surface area contributed by atoms with E-state index < -0.39 is 17.7 Å². The van der Waals surface area contributed by atoms with Gasteiger partial charge in [0.15, 0.2) is 0 Å². The molecule has 1 N–H and O–H groups in total. The second kappa shape index (κ2) is 7.03. The van der Waals surface area contributed by atoms with Crippen molar-refractivity contribution in [3.8, 4) is 6.07 Å². The normalized spacial score (nSPS) is 17.7. The van der Waals surface area contributed by atoms with E-state index >= 15 is 0 Å². The Labute approximate surface area is 143 Å². The van der Waals surface area contributed by atoms with Crippen molar-refractivity contribution in [3.05, 3.63) is 57.1 Å². The van der Waals surface area contributed by atoms with Gasteiger partial charge in [0, 0.05) is 16.4 Å². The zero-order valence-electron chi connectivity index (χ0n) is 12.4. The molecule has 120 valence electrons. The van der Waals surface area contributed by atoms with Crippen LogP contribution in [-0.2, 0) is 9.53 Å². The van der Waals surface area contributed by atoms with Crippen LogP contribution >= 0.6 is 23.2 Å². The van der Waals surface area contributed by atoms with E-state index in [1.54, 1.807) is 6.92 Å². The summed E-state index contributed by atoms with van der Waals surface area (Å²) in [6.45, 7) is 1.70. The van der Waals surface area contributed by atoms with Gasteiger partial charge in [-0.25, -0.2) is 9.18 Å². The number of halogens is 3.